The minimum Gasteiger partial charge on any atom is -0.340 e. The van der Waals surface area contributed by atoms with Gasteiger partial charge < -0.3 is 10.6 Å². The molecule has 3 aromatic rings. The average Bonchev–Trinajstić information content (AvgIpc) is 2.65. The molecule has 128 valence electrons. The Morgan fingerprint density at radius 3 is 2.38 bits per heavy atom. The van der Waals surface area contributed by atoms with Gasteiger partial charge in [0.15, 0.2) is 11.6 Å². The Morgan fingerprint density at radius 1 is 0.962 bits per heavy atom. The molecule has 7 heteroatoms. The van der Waals surface area contributed by atoms with Crippen LogP contribution in [0.1, 0.15) is 15.9 Å². The largest absolute Gasteiger partial charge is 0.340 e. The van der Waals surface area contributed by atoms with E-state index in [1.807, 2.05) is 6.07 Å². The van der Waals surface area contributed by atoms with Gasteiger partial charge in [-0.2, -0.15) is 5.26 Å². The van der Waals surface area contributed by atoms with E-state index in [0.29, 0.717) is 22.6 Å². The van der Waals surface area contributed by atoms with Crippen LogP contribution in [0.25, 0.3) is 0 Å². The van der Waals surface area contributed by atoms with Crippen molar-refractivity contribution in [2.24, 2.45) is 0 Å². The molecule has 0 fully saturated rings. The first-order valence-electron chi connectivity index (χ1n) is 7.55. The Bertz CT molecular complexity index is 997. The van der Waals surface area contributed by atoms with E-state index in [4.69, 9.17) is 5.26 Å². The molecule has 2 aromatic carbocycles. The van der Waals surface area contributed by atoms with E-state index in [9.17, 15) is 13.6 Å². The number of anilines is 3. The van der Waals surface area contributed by atoms with Crippen LogP contribution in [-0.2, 0) is 0 Å². The number of rotatable bonds is 4. The van der Waals surface area contributed by atoms with E-state index >= 15 is 0 Å². The number of amides is 1. The normalized spacial score (nSPS) is 10.0. The van der Waals surface area contributed by atoms with Crippen molar-refractivity contribution in [3.63, 3.8) is 0 Å². The summed E-state index contributed by atoms with van der Waals surface area (Å²) in [6.07, 6.45) is 1.45. The van der Waals surface area contributed by atoms with E-state index in [0.717, 1.165) is 12.1 Å². The number of hydrogen-bond acceptors (Lipinski definition) is 4. The number of nitriles is 1. The van der Waals surface area contributed by atoms with Crippen molar-refractivity contribution in [3.8, 4) is 6.07 Å². The fourth-order valence-electron chi connectivity index (χ4n) is 2.19. The van der Waals surface area contributed by atoms with Crippen LogP contribution in [0.5, 0.6) is 0 Å². The molecule has 0 bridgehead atoms. The monoisotopic (exact) mass is 350 g/mol. The van der Waals surface area contributed by atoms with Gasteiger partial charge in [-0.3, -0.25) is 4.79 Å². The molecule has 0 saturated carbocycles. The first-order valence-corrected chi connectivity index (χ1v) is 7.55. The number of nitrogens with zero attached hydrogens (tertiary/aromatic N) is 2. The zero-order chi connectivity index (χ0) is 18.5. The Morgan fingerprint density at radius 2 is 1.69 bits per heavy atom. The smallest absolute Gasteiger partial charge is 0.255 e. The Hall–Kier alpha value is -3.79. The molecular formula is C19H12F2N4O. The number of benzene rings is 2. The molecule has 1 aromatic heterocycles. The maximum atomic E-state index is 13.2. The molecule has 2 N–H and O–H groups in total. The molecule has 3 rings (SSSR count). The predicted octanol–water partition coefficient (Wildman–Crippen LogP) is 4.23. The van der Waals surface area contributed by atoms with Crippen LogP contribution in [0.15, 0.2) is 60.8 Å². The number of nitrogens with one attached hydrogen (secondary N) is 2. The number of carbonyl (C=O) groups is 1. The lowest BCUT2D eigenvalue weighted by Gasteiger charge is -2.09. The standard InChI is InChI=1S/C19H12F2N4O/c20-16-6-5-15(10-17(16)21)25-19(26)13-7-8-23-18(9-13)24-14-3-1-12(11-22)2-4-14/h1-10H,(H,23,24)(H,25,26). The lowest BCUT2D eigenvalue weighted by atomic mass is 10.2. The molecule has 0 atom stereocenters. The van der Waals surface area contributed by atoms with Gasteiger partial charge in [0.05, 0.1) is 11.6 Å². The molecule has 5 nitrogen and oxygen atoms in total. The first kappa shape index (κ1) is 17.0. The Kier molecular flexibility index (Phi) is 4.85. The lowest BCUT2D eigenvalue weighted by molar-refractivity contribution is 0.102. The summed E-state index contributed by atoms with van der Waals surface area (Å²) in [5.41, 5.74) is 1.67. The van der Waals surface area contributed by atoms with Gasteiger partial charge in [-0.05, 0) is 48.5 Å². The summed E-state index contributed by atoms with van der Waals surface area (Å²) in [6, 6.07) is 14.9. The van der Waals surface area contributed by atoms with Crippen molar-refractivity contribution < 1.29 is 13.6 Å². The Labute approximate surface area is 147 Å². The molecule has 0 aliphatic heterocycles. The van der Waals surface area contributed by atoms with Gasteiger partial charge in [-0.15, -0.1) is 0 Å². The zero-order valence-corrected chi connectivity index (χ0v) is 13.3. The van der Waals surface area contributed by atoms with E-state index in [1.165, 1.54) is 24.4 Å². The summed E-state index contributed by atoms with van der Waals surface area (Å²) >= 11 is 0. The third-order valence-electron chi connectivity index (χ3n) is 3.49. The van der Waals surface area contributed by atoms with Crippen molar-refractivity contribution in [2.45, 2.75) is 0 Å². The second-order valence-electron chi connectivity index (χ2n) is 5.33. The third-order valence-corrected chi connectivity index (χ3v) is 3.49. The van der Waals surface area contributed by atoms with Crippen molar-refractivity contribution >= 4 is 23.1 Å². The van der Waals surface area contributed by atoms with Gasteiger partial charge in [0.2, 0.25) is 0 Å². The predicted molar refractivity (Wildman–Crippen MR) is 93.0 cm³/mol. The van der Waals surface area contributed by atoms with Gasteiger partial charge in [-0.1, -0.05) is 0 Å². The van der Waals surface area contributed by atoms with Crippen molar-refractivity contribution in [1.82, 2.24) is 4.98 Å². The summed E-state index contributed by atoms with van der Waals surface area (Å²) in [6.45, 7) is 0. The minimum absolute atomic E-state index is 0.146. The zero-order valence-electron chi connectivity index (χ0n) is 13.3. The van der Waals surface area contributed by atoms with Crippen LogP contribution in [0.3, 0.4) is 0 Å². The molecule has 1 amide bonds. The van der Waals surface area contributed by atoms with E-state index in [-0.39, 0.29) is 5.69 Å². The maximum absolute atomic E-state index is 13.2. The highest BCUT2D eigenvalue weighted by Gasteiger charge is 2.10. The van der Waals surface area contributed by atoms with Crippen molar-refractivity contribution in [2.75, 3.05) is 10.6 Å². The van der Waals surface area contributed by atoms with Crippen molar-refractivity contribution in [1.29, 1.82) is 5.26 Å². The minimum atomic E-state index is -1.04. The first-order chi connectivity index (χ1) is 12.5. The average molecular weight is 350 g/mol. The molecular weight excluding hydrogens is 338 g/mol. The van der Waals surface area contributed by atoms with Crippen LogP contribution < -0.4 is 10.6 Å². The van der Waals surface area contributed by atoms with Gasteiger partial charge in [-0.25, -0.2) is 13.8 Å². The van der Waals surface area contributed by atoms with E-state index in [1.54, 1.807) is 24.3 Å². The number of hydrogen-bond donors (Lipinski definition) is 2. The lowest BCUT2D eigenvalue weighted by Crippen LogP contribution is -2.12. The van der Waals surface area contributed by atoms with Crippen LogP contribution in [0.2, 0.25) is 0 Å². The van der Waals surface area contributed by atoms with Crippen LogP contribution >= 0.6 is 0 Å². The van der Waals surface area contributed by atoms with Gasteiger partial charge in [0.1, 0.15) is 5.82 Å². The van der Waals surface area contributed by atoms with Crippen LogP contribution in [-0.4, -0.2) is 10.9 Å². The fraction of sp³-hybridized carbons (Fsp3) is 0. The molecule has 0 saturated heterocycles. The summed E-state index contributed by atoms with van der Waals surface area (Å²) in [7, 11) is 0. The summed E-state index contributed by atoms with van der Waals surface area (Å²) in [5.74, 6) is -2.09. The van der Waals surface area contributed by atoms with Gasteiger partial charge in [0, 0.05) is 29.2 Å². The summed E-state index contributed by atoms with van der Waals surface area (Å²) < 4.78 is 26.2. The molecule has 0 radical (unpaired) electrons. The molecule has 0 unspecified atom stereocenters. The highest BCUT2D eigenvalue weighted by Crippen LogP contribution is 2.18. The molecule has 0 aliphatic rings. The number of halogens is 2. The number of aromatic nitrogens is 1. The SMILES string of the molecule is N#Cc1ccc(Nc2cc(C(=O)Nc3ccc(F)c(F)c3)ccn2)cc1. The quantitative estimate of drug-likeness (QED) is 0.738. The van der Waals surface area contributed by atoms with Crippen LogP contribution in [0, 0.1) is 23.0 Å². The fourth-order valence-corrected chi connectivity index (χ4v) is 2.19. The molecule has 0 spiro atoms. The van der Waals surface area contributed by atoms with Gasteiger partial charge in [0.25, 0.3) is 5.91 Å². The third kappa shape index (κ3) is 3.99. The highest BCUT2D eigenvalue weighted by atomic mass is 19.2. The van der Waals surface area contributed by atoms with Crippen molar-refractivity contribution in [3.05, 3.63) is 83.6 Å². The second-order valence-corrected chi connectivity index (χ2v) is 5.33. The number of pyridine rings is 1. The topological polar surface area (TPSA) is 77.8 Å². The summed E-state index contributed by atoms with van der Waals surface area (Å²) in [4.78, 5) is 16.4. The summed E-state index contributed by atoms with van der Waals surface area (Å²) in [5, 5.41) is 14.3. The highest BCUT2D eigenvalue weighted by molar-refractivity contribution is 6.04. The molecule has 26 heavy (non-hydrogen) atoms. The van der Waals surface area contributed by atoms with Gasteiger partial charge >= 0.3 is 0 Å². The van der Waals surface area contributed by atoms with E-state index < -0.39 is 17.5 Å². The molecule has 1 heterocycles. The second kappa shape index (κ2) is 7.40. The van der Waals surface area contributed by atoms with Crippen LogP contribution in [0.4, 0.5) is 26.0 Å². The molecule has 0 aliphatic carbocycles. The Balaban J connectivity index is 1.74. The van der Waals surface area contributed by atoms with E-state index in [2.05, 4.69) is 15.6 Å². The maximum Gasteiger partial charge on any atom is 0.255 e. The number of carbonyl (C=O) groups excluding carboxylic acids is 1.